The molecule has 9 heteroatoms. The number of methoxy groups -OCH3 is 1. The van der Waals surface area contributed by atoms with Gasteiger partial charge < -0.3 is 20.5 Å². The first-order valence-corrected chi connectivity index (χ1v) is 10.9. The molecule has 3 aromatic rings. The van der Waals surface area contributed by atoms with Crippen molar-refractivity contribution in [2.75, 3.05) is 17.1 Å². The number of nitrogens with two attached hydrogens (primary N) is 1. The number of nitrogens with zero attached hydrogens (tertiary/aromatic N) is 1. The standard InChI is InChI=1S/C21H19ClN4O2S2/c1-28-18-7-6-17(12-19(18)30-26-16-4-2-15(22)3-5-16)25-20(27)8-10-24-21(23)14-9-11-29-13-14/h2-13,26H,1H3,(H2,23,24)(H,25,27)/b10-8+. The van der Waals surface area contributed by atoms with Gasteiger partial charge in [0.2, 0.25) is 5.91 Å². The quantitative estimate of drug-likeness (QED) is 0.182. The van der Waals surface area contributed by atoms with Crippen LogP contribution >= 0.6 is 34.9 Å². The molecule has 1 heterocycles. The molecule has 1 amide bonds. The van der Waals surface area contributed by atoms with Gasteiger partial charge in [-0.15, -0.1) is 0 Å². The molecule has 0 bridgehead atoms. The molecule has 0 aliphatic heterocycles. The number of hydrogen-bond acceptors (Lipinski definition) is 6. The highest BCUT2D eigenvalue weighted by atomic mass is 35.5. The summed E-state index contributed by atoms with van der Waals surface area (Å²) in [6, 6.07) is 14.6. The highest BCUT2D eigenvalue weighted by molar-refractivity contribution is 8.00. The SMILES string of the molecule is COc1ccc(NC(=O)/C=C/N=C(N)c2ccsc2)cc1SNc1ccc(Cl)cc1. The van der Waals surface area contributed by atoms with E-state index in [9.17, 15) is 4.79 Å². The number of hydrogen-bond donors (Lipinski definition) is 3. The average Bonchev–Trinajstić information content (AvgIpc) is 3.28. The van der Waals surface area contributed by atoms with Crippen molar-refractivity contribution >= 4 is 58.0 Å². The van der Waals surface area contributed by atoms with E-state index in [1.165, 1.54) is 35.6 Å². The minimum Gasteiger partial charge on any atom is -0.496 e. The van der Waals surface area contributed by atoms with Crippen LogP contribution in [0.1, 0.15) is 5.56 Å². The smallest absolute Gasteiger partial charge is 0.249 e. The molecule has 30 heavy (non-hydrogen) atoms. The van der Waals surface area contributed by atoms with Crippen LogP contribution in [-0.2, 0) is 4.79 Å². The highest BCUT2D eigenvalue weighted by Gasteiger charge is 2.07. The van der Waals surface area contributed by atoms with E-state index in [2.05, 4.69) is 15.0 Å². The summed E-state index contributed by atoms with van der Waals surface area (Å²) in [6.07, 6.45) is 2.70. The van der Waals surface area contributed by atoms with E-state index in [-0.39, 0.29) is 5.91 Å². The number of anilines is 2. The zero-order valence-electron chi connectivity index (χ0n) is 16.0. The summed E-state index contributed by atoms with van der Waals surface area (Å²) in [7, 11) is 1.60. The summed E-state index contributed by atoms with van der Waals surface area (Å²) >= 11 is 8.81. The Balaban J connectivity index is 1.63. The average molecular weight is 459 g/mol. The van der Waals surface area contributed by atoms with Gasteiger partial charge in [-0.3, -0.25) is 4.79 Å². The lowest BCUT2D eigenvalue weighted by Crippen LogP contribution is -2.11. The van der Waals surface area contributed by atoms with Gasteiger partial charge >= 0.3 is 0 Å². The highest BCUT2D eigenvalue weighted by Crippen LogP contribution is 2.32. The lowest BCUT2D eigenvalue weighted by Gasteiger charge is -2.12. The summed E-state index contributed by atoms with van der Waals surface area (Å²) in [5.74, 6) is 0.725. The minimum absolute atomic E-state index is 0.316. The van der Waals surface area contributed by atoms with Crippen LogP contribution < -0.4 is 20.5 Å². The van der Waals surface area contributed by atoms with E-state index in [4.69, 9.17) is 22.1 Å². The predicted octanol–water partition coefficient (Wildman–Crippen LogP) is 5.39. The van der Waals surface area contributed by atoms with Gasteiger partial charge in [0.25, 0.3) is 0 Å². The second-order valence-corrected chi connectivity index (χ2v) is 7.97. The summed E-state index contributed by atoms with van der Waals surface area (Å²) < 4.78 is 8.62. The zero-order valence-corrected chi connectivity index (χ0v) is 18.4. The lowest BCUT2D eigenvalue weighted by molar-refractivity contribution is -0.111. The number of ether oxygens (including phenoxy) is 1. The molecular formula is C21H19ClN4O2S2. The molecule has 2 aromatic carbocycles. The molecule has 0 saturated heterocycles. The summed E-state index contributed by atoms with van der Waals surface area (Å²) in [4.78, 5) is 17.1. The van der Waals surface area contributed by atoms with Crippen LogP contribution in [0.15, 0.2) is 81.5 Å². The number of carbonyl (C=O) groups is 1. The fourth-order valence-corrected chi connectivity index (χ4v) is 3.90. The van der Waals surface area contributed by atoms with Crippen molar-refractivity contribution in [3.8, 4) is 5.75 Å². The maximum atomic E-state index is 12.2. The fraction of sp³-hybridized carbons (Fsp3) is 0.0476. The van der Waals surface area contributed by atoms with Crippen molar-refractivity contribution in [3.05, 3.63) is 82.2 Å². The Bertz CT molecular complexity index is 1050. The number of halogens is 1. The van der Waals surface area contributed by atoms with Crippen LogP contribution in [0, 0.1) is 0 Å². The van der Waals surface area contributed by atoms with Crippen LogP contribution in [0.3, 0.4) is 0 Å². The second-order valence-electron chi connectivity index (χ2n) is 5.91. The minimum atomic E-state index is -0.316. The summed E-state index contributed by atoms with van der Waals surface area (Å²) in [6.45, 7) is 0. The van der Waals surface area contributed by atoms with Crippen LogP contribution in [0.25, 0.3) is 0 Å². The first-order valence-electron chi connectivity index (χ1n) is 8.75. The van der Waals surface area contributed by atoms with Crippen LogP contribution in [0.4, 0.5) is 11.4 Å². The Kier molecular flexibility index (Phi) is 7.78. The molecule has 154 valence electrons. The molecule has 0 saturated carbocycles. The maximum Gasteiger partial charge on any atom is 0.249 e. The van der Waals surface area contributed by atoms with E-state index in [1.54, 1.807) is 31.4 Å². The molecule has 1 aromatic heterocycles. The molecule has 4 N–H and O–H groups in total. The number of nitrogens with one attached hydrogen (secondary N) is 2. The van der Waals surface area contributed by atoms with Gasteiger partial charge in [0, 0.05) is 39.6 Å². The van der Waals surface area contributed by atoms with Crippen LogP contribution in [-0.4, -0.2) is 18.9 Å². The number of thiophene rings is 1. The van der Waals surface area contributed by atoms with E-state index in [0.717, 1.165) is 16.1 Å². The van der Waals surface area contributed by atoms with Crippen LogP contribution in [0.5, 0.6) is 5.75 Å². The van der Waals surface area contributed by atoms with Gasteiger partial charge in [-0.05, 0) is 65.9 Å². The normalized spacial score (nSPS) is 11.5. The van der Waals surface area contributed by atoms with Gasteiger partial charge in [0.05, 0.1) is 12.0 Å². The topological polar surface area (TPSA) is 88.7 Å². The monoisotopic (exact) mass is 458 g/mol. The third-order valence-electron chi connectivity index (χ3n) is 3.81. The Labute approximate surface area is 187 Å². The summed E-state index contributed by atoms with van der Waals surface area (Å²) in [5, 5.41) is 7.27. The molecule has 0 aliphatic rings. The van der Waals surface area contributed by atoms with Gasteiger partial charge in [-0.2, -0.15) is 11.3 Å². The first kappa shape index (κ1) is 21.8. The summed E-state index contributed by atoms with van der Waals surface area (Å²) in [5.41, 5.74) is 8.21. The Morgan fingerprint density at radius 3 is 2.67 bits per heavy atom. The van der Waals surface area contributed by atoms with Crippen molar-refractivity contribution in [2.45, 2.75) is 4.90 Å². The molecule has 0 spiro atoms. The molecule has 3 rings (SSSR count). The van der Waals surface area contributed by atoms with Gasteiger partial charge in [0.15, 0.2) is 0 Å². The van der Waals surface area contributed by atoms with Gasteiger partial charge in [-0.1, -0.05) is 11.6 Å². The Morgan fingerprint density at radius 1 is 1.20 bits per heavy atom. The molecule has 0 unspecified atom stereocenters. The number of rotatable bonds is 8. The second kappa shape index (κ2) is 10.7. The Hall–Kier alpha value is -2.94. The molecular weight excluding hydrogens is 440 g/mol. The van der Waals surface area contributed by atoms with E-state index >= 15 is 0 Å². The third-order valence-corrected chi connectivity index (χ3v) is 5.62. The zero-order chi connectivity index (χ0) is 21.3. The molecule has 0 fully saturated rings. The number of amides is 1. The van der Waals surface area contributed by atoms with Gasteiger partial charge in [0.1, 0.15) is 11.6 Å². The number of benzene rings is 2. The van der Waals surface area contributed by atoms with E-state index in [0.29, 0.717) is 22.3 Å². The predicted molar refractivity (Wildman–Crippen MR) is 127 cm³/mol. The fourth-order valence-electron chi connectivity index (χ4n) is 2.32. The number of carbonyl (C=O) groups excluding carboxylic acids is 1. The van der Waals surface area contributed by atoms with Crippen molar-refractivity contribution in [2.24, 2.45) is 10.7 Å². The number of aliphatic imine (C=N–C) groups is 1. The lowest BCUT2D eigenvalue weighted by atomic mass is 10.3. The largest absolute Gasteiger partial charge is 0.496 e. The first-order chi connectivity index (χ1) is 14.5. The molecule has 0 atom stereocenters. The maximum absolute atomic E-state index is 12.2. The Morgan fingerprint density at radius 2 is 1.97 bits per heavy atom. The number of amidine groups is 1. The van der Waals surface area contributed by atoms with Gasteiger partial charge in [-0.25, -0.2) is 4.99 Å². The van der Waals surface area contributed by atoms with Crippen molar-refractivity contribution < 1.29 is 9.53 Å². The molecule has 6 nitrogen and oxygen atoms in total. The van der Waals surface area contributed by atoms with Crippen molar-refractivity contribution in [1.82, 2.24) is 0 Å². The van der Waals surface area contributed by atoms with E-state index < -0.39 is 0 Å². The third kappa shape index (κ3) is 6.28. The van der Waals surface area contributed by atoms with Crippen LogP contribution in [0.2, 0.25) is 5.02 Å². The molecule has 0 aliphatic carbocycles. The van der Waals surface area contributed by atoms with Crippen molar-refractivity contribution in [3.63, 3.8) is 0 Å². The van der Waals surface area contributed by atoms with E-state index in [1.807, 2.05) is 35.0 Å². The van der Waals surface area contributed by atoms with Crippen molar-refractivity contribution in [1.29, 1.82) is 0 Å². The molecule has 0 radical (unpaired) electrons.